The number of unbranched alkanes of at least 4 members (excludes halogenated alkanes) is 35. The van der Waals surface area contributed by atoms with Gasteiger partial charge in [-0.1, -0.05) is 310 Å². The molecule has 0 aromatic heterocycles. The summed E-state index contributed by atoms with van der Waals surface area (Å²) in [4.78, 5) is 38.4. The molecule has 0 heterocycles. The van der Waals surface area contributed by atoms with Crippen LogP contribution in [0.5, 0.6) is 0 Å². The maximum absolute atomic E-state index is 12.9. The third-order valence-electron chi connectivity index (χ3n) is 15.2. The average Bonchev–Trinajstić information content (AvgIpc) is 3.49. The van der Waals surface area contributed by atoms with E-state index in [-0.39, 0.29) is 31.1 Å². The second-order valence-electron chi connectivity index (χ2n) is 23.4. The van der Waals surface area contributed by atoms with Crippen molar-refractivity contribution in [2.24, 2.45) is 0 Å². The van der Waals surface area contributed by atoms with Gasteiger partial charge in [0.15, 0.2) is 6.10 Å². The SMILES string of the molecule is CC/C=C\C/C=C\C/C=C\C/C=C\C/C=C\CCCCCCCCCCCCCCCCCCCCCC(=O)OCC(COC(=O)CCCCCCC/C=C\CCCCCC)OC(=O)CCCCCCCCC/C=C\C/C=C\C/C=C\CC. The van der Waals surface area contributed by atoms with Crippen molar-refractivity contribution in [3.05, 3.63) is 109 Å². The Morgan fingerprint density at radius 3 is 0.747 bits per heavy atom. The average molecular weight is 1150 g/mol. The summed E-state index contributed by atoms with van der Waals surface area (Å²) in [6, 6.07) is 0. The van der Waals surface area contributed by atoms with Crippen molar-refractivity contribution in [1.29, 1.82) is 0 Å². The van der Waals surface area contributed by atoms with Crippen molar-refractivity contribution in [3.63, 3.8) is 0 Å². The van der Waals surface area contributed by atoms with Crippen LogP contribution < -0.4 is 0 Å². The molecule has 476 valence electrons. The first-order valence-electron chi connectivity index (χ1n) is 35.4. The number of hydrogen-bond donors (Lipinski definition) is 0. The number of hydrogen-bond acceptors (Lipinski definition) is 6. The zero-order chi connectivity index (χ0) is 59.9. The molecule has 83 heavy (non-hydrogen) atoms. The lowest BCUT2D eigenvalue weighted by atomic mass is 10.0. The van der Waals surface area contributed by atoms with Crippen LogP contribution >= 0.6 is 0 Å². The van der Waals surface area contributed by atoms with Crippen LogP contribution in [-0.4, -0.2) is 37.2 Å². The van der Waals surface area contributed by atoms with Crippen molar-refractivity contribution >= 4 is 17.9 Å². The van der Waals surface area contributed by atoms with E-state index in [0.29, 0.717) is 19.3 Å². The fraction of sp³-hybridized carbons (Fsp3) is 0.727. The van der Waals surface area contributed by atoms with Crippen LogP contribution in [0, 0.1) is 0 Å². The Kier molecular flexibility index (Phi) is 67.2. The quantitative estimate of drug-likeness (QED) is 0.0261. The number of rotatable bonds is 64. The first-order chi connectivity index (χ1) is 41.0. The smallest absolute Gasteiger partial charge is 0.306 e. The Bertz CT molecular complexity index is 1660. The molecular formula is C77H132O6. The second-order valence-corrected chi connectivity index (χ2v) is 23.4. The fourth-order valence-corrected chi connectivity index (χ4v) is 10.0. The van der Waals surface area contributed by atoms with Crippen molar-refractivity contribution in [3.8, 4) is 0 Å². The molecule has 1 atom stereocenters. The molecule has 0 aliphatic heterocycles. The number of carbonyl (C=O) groups excluding carboxylic acids is 3. The fourth-order valence-electron chi connectivity index (χ4n) is 10.0. The van der Waals surface area contributed by atoms with Gasteiger partial charge in [-0.05, 0) is 122 Å². The molecule has 0 bridgehead atoms. The summed E-state index contributed by atoms with van der Waals surface area (Å²) in [6.07, 6.45) is 97.0. The minimum Gasteiger partial charge on any atom is -0.462 e. The third-order valence-corrected chi connectivity index (χ3v) is 15.2. The highest BCUT2D eigenvalue weighted by atomic mass is 16.6. The van der Waals surface area contributed by atoms with E-state index in [4.69, 9.17) is 14.2 Å². The zero-order valence-corrected chi connectivity index (χ0v) is 54.7. The van der Waals surface area contributed by atoms with Crippen molar-refractivity contribution in [2.45, 2.75) is 348 Å². The predicted molar refractivity (Wildman–Crippen MR) is 362 cm³/mol. The van der Waals surface area contributed by atoms with Crippen LogP contribution in [0.25, 0.3) is 0 Å². The summed E-state index contributed by atoms with van der Waals surface area (Å²) >= 11 is 0. The van der Waals surface area contributed by atoms with E-state index in [2.05, 4.69) is 130 Å². The van der Waals surface area contributed by atoms with E-state index in [1.54, 1.807) is 0 Å². The minimum absolute atomic E-state index is 0.0815. The van der Waals surface area contributed by atoms with Crippen LogP contribution in [0.1, 0.15) is 342 Å². The minimum atomic E-state index is -0.786. The maximum Gasteiger partial charge on any atom is 0.306 e. The van der Waals surface area contributed by atoms with Gasteiger partial charge in [-0.3, -0.25) is 14.4 Å². The third kappa shape index (κ3) is 68.7. The molecule has 0 aliphatic rings. The Morgan fingerprint density at radius 1 is 0.253 bits per heavy atom. The molecule has 0 amide bonds. The number of esters is 3. The lowest BCUT2D eigenvalue weighted by Gasteiger charge is -2.18. The van der Waals surface area contributed by atoms with Gasteiger partial charge < -0.3 is 14.2 Å². The van der Waals surface area contributed by atoms with Gasteiger partial charge in [0, 0.05) is 19.3 Å². The van der Waals surface area contributed by atoms with Crippen LogP contribution in [0.4, 0.5) is 0 Å². The lowest BCUT2D eigenvalue weighted by Crippen LogP contribution is -2.30. The monoisotopic (exact) mass is 1150 g/mol. The molecule has 0 N–H and O–H groups in total. The molecule has 6 heteroatoms. The van der Waals surface area contributed by atoms with Gasteiger partial charge >= 0.3 is 17.9 Å². The van der Waals surface area contributed by atoms with Gasteiger partial charge in [-0.25, -0.2) is 0 Å². The zero-order valence-electron chi connectivity index (χ0n) is 54.7. The molecule has 0 rings (SSSR count). The molecular weight excluding hydrogens is 1020 g/mol. The van der Waals surface area contributed by atoms with E-state index in [0.717, 1.165) is 122 Å². The molecule has 0 aliphatic carbocycles. The molecule has 1 unspecified atom stereocenters. The molecule has 0 aromatic carbocycles. The van der Waals surface area contributed by atoms with Gasteiger partial charge in [0.2, 0.25) is 0 Å². The van der Waals surface area contributed by atoms with Crippen LogP contribution in [0.15, 0.2) is 109 Å². The number of ether oxygens (including phenoxy) is 3. The highest BCUT2D eigenvalue weighted by Crippen LogP contribution is 2.17. The van der Waals surface area contributed by atoms with E-state index in [9.17, 15) is 14.4 Å². The predicted octanol–water partition coefficient (Wildman–Crippen LogP) is 24.6. The summed E-state index contributed by atoms with van der Waals surface area (Å²) < 4.78 is 16.9. The topological polar surface area (TPSA) is 78.9 Å². The molecule has 6 nitrogen and oxygen atoms in total. The van der Waals surface area contributed by atoms with Gasteiger partial charge in [0.25, 0.3) is 0 Å². The van der Waals surface area contributed by atoms with Crippen molar-refractivity contribution < 1.29 is 28.6 Å². The molecule has 0 spiro atoms. The van der Waals surface area contributed by atoms with Crippen LogP contribution in [0.3, 0.4) is 0 Å². The van der Waals surface area contributed by atoms with Crippen molar-refractivity contribution in [1.82, 2.24) is 0 Å². The number of carbonyl (C=O) groups is 3. The Labute approximate surface area is 514 Å². The molecule has 0 saturated heterocycles. The highest BCUT2D eigenvalue weighted by Gasteiger charge is 2.19. The van der Waals surface area contributed by atoms with Gasteiger partial charge in [-0.15, -0.1) is 0 Å². The lowest BCUT2D eigenvalue weighted by molar-refractivity contribution is -0.167. The van der Waals surface area contributed by atoms with E-state index >= 15 is 0 Å². The summed E-state index contributed by atoms with van der Waals surface area (Å²) in [5, 5.41) is 0. The first kappa shape index (κ1) is 79.1. The Balaban J connectivity index is 4.14. The second kappa shape index (κ2) is 70.6. The van der Waals surface area contributed by atoms with E-state index in [1.807, 2.05) is 0 Å². The van der Waals surface area contributed by atoms with Crippen molar-refractivity contribution in [2.75, 3.05) is 13.2 Å². The summed E-state index contributed by atoms with van der Waals surface area (Å²) in [5.41, 5.74) is 0. The molecule has 0 aromatic rings. The van der Waals surface area contributed by atoms with Gasteiger partial charge in [0.1, 0.15) is 13.2 Å². The van der Waals surface area contributed by atoms with Crippen LogP contribution in [-0.2, 0) is 28.6 Å². The Morgan fingerprint density at radius 2 is 0.470 bits per heavy atom. The first-order valence-corrected chi connectivity index (χ1v) is 35.4. The summed E-state index contributed by atoms with van der Waals surface area (Å²) in [7, 11) is 0. The normalized spacial score (nSPS) is 12.8. The summed E-state index contributed by atoms with van der Waals surface area (Å²) in [5.74, 6) is -0.886. The van der Waals surface area contributed by atoms with Gasteiger partial charge in [-0.2, -0.15) is 0 Å². The molecule has 0 saturated carbocycles. The molecule has 0 fully saturated rings. The van der Waals surface area contributed by atoms with Crippen LogP contribution in [0.2, 0.25) is 0 Å². The Hall–Kier alpha value is -3.93. The largest absolute Gasteiger partial charge is 0.462 e. The summed E-state index contributed by atoms with van der Waals surface area (Å²) in [6.45, 7) is 6.42. The maximum atomic E-state index is 12.9. The van der Waals surface area contributed by atoms with Gasteiger partial charge in [0.05, 0.1) is 0 Å². The highest BCUT2D eigenvalue weighted by molar-refractivity contribution is 5.71. The van der Waals surface area contributed by atoms with E-state index in [1.165, 1.54) is 180 Å². The van der Waals surface area contributed by atoms with E-state index < -0.39 is 6.10 Å². The standard InChI is InChI=1S/C77H132O6/c1-4-7-10-13-16-19-22-25-27-29-30-31-32-33-34-35-36-37-38-39-40-41-42-43-44-45-46-48-49-52-55-58-61-64-67-70-76(79)82-73-74(72-81-75(78)69-66-63-60-57-54-51-24-21-18-15-12-9-6-3)83-77(80)71-68-65-62-59-56-53-50-47-28-26-23-20-17-14-11-8-5-2/h7-8,10-11,16-17,19-21,24-28,30-31,33-34,74H,4-6,9,12-15,18,22-23,29,32,35-73H2,1-3H3/b10-7-,11-8-,19-16-,20-17-,24-21-,27-25-,28-26-,31-30-,34-33-. The molecule has 0 radical (unpaired) electrons. The number of allylic oxidation sites excluding steroid dienone is 18.